The van der Waals surface area contributed by atoms with Crippen LogP contribution in [-0.2, 0) is 16.4 Å². The van der Waals surface area contributed by atoms with Crippen LogP contribution in [0, 0.1) is 18.8 Å². The molecule has 2 aliphatic rings. The SMILES string of the molecule is Cc1ccccc1[C@H]1CCN(C[C@@H]2CCc3cccnc3[C@@H](O)C2)C[C@@H]1CN(C)S(C)(=O)=O. The summed E-state index contributed by atoms with van der Waals surface area (Å²) in [5.74, 6) is 0.978. The van der Waals surface area contributed by atoms with Crippen LogP contribution in [0.25, 0.3) is 0 Å². The topological polar surface area (TPSA) is 73.7 Å². The van der Waals surface area contributed by atoms with Crippen molar-refractivity contribution in [2.75, 3.05) is 39.5 Å². The third-order valence-corrected chi connectivity index (χ3v) is 8.88. The lowest BCUT2D eigenvalue weighted by Crippen LogP contribution is -2.46. The van der Waals surface area contributed by atoms with Gasteiger partial charge in [0, 0.05) is 32.9 Å². The maximum Gasteiger partial charge on any atom is 0.210 e. The molecule has 1 aromatic heterocycles. The van der Waals surface area contributed by atoms with Gasteiger partial charge in [-0.05, 0) is 79.7 Å². The molecule has 4 atom stereocenters. The highest BCUT2D eigenvalue weighted by Crippen LogP contribution is 2.37. The maximum absolute atomic E-state index is 12.2. The van der Waals surface area contributed by atoms with Gasteiger partial charge in [-0.3, -0.25) is 4.98 Å². The van der Waals surface area contributed by atoms with E-state index in [1.807, 2.05) is 6.07 Å². The molecule has 7 heteroatoms. The minimum Gasteiger partial charge on any atom is -0.387 e. The summed E-state index contributed by atoms with van der Waals surface area (Å²) in [5, 5.41) is 10.8. The Kier molecular flexibility index (Phi) is 7.53. The van der Waals surface area contributed by atoms with E-state index < -0.39 is 16.1 Å². The lowest BCUT2D eigenvalue weighted by molar-refractivity contribution is 0.0933. The van der Waals surface area contributed by atoms with Crippen molar-refractivity contribution in [3.8, 4) is 0 Å². The van der Waals surface area contributed by atoms with E-state index in [4.69, 9.17) is 0 Å². The number of nitrogens with zero attached hydrogens (tertiary/aromatic N) is 3. The Morgan fingerprint density at radius 2 is 1.97 bits per heavy atom. The number of pyridine rings is 1. The number of aromatic nitrogens is 1. The first-order valence-corrected chi connectivity index (χ1v) is 13.9. The molecule has 2 aromatic rings. The van der Waals surface area contributed by atoms with Crippen molar-refractivity contribution >= 4 is 10.0 Å². The van der Waals surface area contributed by atoms with Gasteiger partial charge >= 0.3 is 0 Å². The molecular formula is C26H37N3O3S. The first kappa shape index (κ1) is 24.3. The molecule has 0 bridgehead atoms. The van der Waals surface area contributed by atoms with E-state index in [9.17, 15) is 13.5 Å². The second kappa shape index (κ2) is 10.2. The van der Waals surface area contributed by atoms with Crippen LogP contribution in [-0.4, -0.2) is 67.2 Å². The number of aryl methyl sites for hydroxylation is 2. The van der Waals surface area contributed by atoms with Gasteiger partial charge in [0.2, 0.25) is 10.0 Å². The molecule has 1 saturated heterocycles. The lowest BCUT2D eigenvalue weighted by atomic mass is 9.78. The molecule has 0 radical (unpaired) electrons. The van der Waals surface area contributed by atoms with E-state index in [2.05, 4.69) is 47.1 Å². The number of hydrogen-bond donors (Lipinski definition) is 1. The normalized spacial score (nSPS) is 26.7. The first-order valence-electron chi connectivity index (χ1n) is 12.0. The number of sulfonamides is 1. The summed E-state index contributed by atoms with van der Waals surface area (Å²) in [6.07, 6.45) is 6.29. The molecule has 2 heterocycles. The van der Waals surface area contributed by atoms with Crippen molar-refractivity contribution in [1.29, 1.82) is 0 Å². The second-order valence-electron chi connectivity index (χ2n) is 10.0. The summed E-state index contributed by atoms with van der Waals surface area (Å²) >= 11 is 0. The summed E-state index contributed by atoms with van der Waals surface area (Å²) in [4.78, 5) is 6.93. The predicted octanol–water partition coefficient (Wildman–Crippen LogP) is 3.37. The highest BCUT2D eigenvalue weighted by atomic mass is 32.2. The fourth-order valence-corrected chi connectivity index (χ4v) is 6.20. The number of aliphatic hydroxyl groups excluding tert-OH is 1. The Bertz CT molecular complexity index is 1060. The van der Waals surface area contributed by atoms with Crippen molar-refractivity contribution in [2.45, 2.75) is 44.6 Å². The molecule has 33 heavy (non-hydrogen) atoms. The molecule has 0 saturated carbocycles. The second-order valence-corrected chi connectivity index (χ2v) is 12.1. The summed E-state index contributed by atoms with van der Waals surface area (Å²) in [6.45, 7) is 5.48. The van der Waals surface area contributed by atoms with E-state index in [0.29, 0.717) is 18.4 Å². The highest BCUT2D eigenvalue weighted by Gasteiger charge is 2.34. The summed E-state index contributed by atoms with van der Waals surface area (Å²) in [7, 11) is -1.54. The molecule has 0 unspecified atom stereocenters. The van der Waals surface area contributed by atoms with Crippen molar-refractivity contribution in [2.24, 2.45) is 11.8 Å². The quantitative estimate of drug-likeness (QED) is 0.654. The Hall–Kier alpha value is -1.80. The van der Waals surface area contributed by atoms with Crippen LogP contribution in [0.1, 0.15) is 53.7 Å². The number of aliphatic hydroxyl groups is 1. The van der Waals surface area contributed by atoms with E-state index in [1.54, 1.807) is 13.2 Å². The van der Waals surface area contributed by atoms with Gasteiger partial charge in [-0.15, -0.1) is 0 Å². The fourth-order valence-electron chi connectivity index (χ4n) is 5.73. The molecule has 0 amide bonds. The zero-order valence-electron chi connectivity index (χ0n) is 20.0. The monoisotopic (exact) mass is 471 g/mol. The molecule has 1 aliphatic carbocycles. The van der Waals surface area contributed by atoms with Crippen LogP contribution in [0.3, 0.4) is 0 Å². The molecule has 1 N–H and O–H groups in total. The maximum atomic E-state index is 12.2. The van der Waals surface area contributed by atoms with Crippen LogP contribution < -0.4 is 0 Å². The Balaban J connectivity index is 1.48. The number of fused-ring (bicyclic) bond motifs is 1. The van der Waals surface area contributed by atoms with Crippen LogP contribution in [0.4, 0.5) is 0 Å². The summed E-state index contributed by atoms with van der Waals surface area (Å²) in [5.41, 5.74) is 4.62. The average Bonchev–Trinajstić information content (AvgIpc) is 2.93. The van der Waals surface area contributed by atoms with Gasteiger partial charge in [0.25, 0.3) is 0 Å². The van der Waals surface area contributed by atoms with Gasteiger partial charge in [-0.1, -0.05) is 30.3 Å². The van der Waals surface area contributed by atoms with Crippen LogP contribution in [0.15, 0.2) is 42.6 Å². The zero-order valence-corrected chi connectivity index (χ0v) is 20.8. The van der Waals surface area contributed by atoms with Crippen LogP contribution >= 0.6 is 0 Å². The molecular weight excluding hydrogens is 434 g/mol. The zero-order chi connectivity index (χ0) is 23.6. The minimum atomic E-state index is -3.23. The molecule has 0 spiro atoms. The van der Waals surface area contributed by atoms with Crippen molar-refractivity contribution in [3.63, 3.8) is 0 Å². The summed E-state index contributed by atoms with van der Waals surface area (Å²) < 4.78 is 25.9. The third-order valence-electron chi connectivity index (χ3n) is 7.60. The molecule has 4 rings (SSSR count). The van der Waals surface area contributed by atoms with Gasteiger partial charge in [-0.25, -0.2) is 12.7 Å². The van der Waals surface area contributed by atoms with Gasteiger partial charge in [0.15, 0.2) is 0 Å². The minimum absolute atomic E-state index is 0.231. The standard InChI is InChI=1S/C26H37N3O3S/c1-19-7-4-5-9-23(19)24-12-14-29(18-22(24)17-28(2)33(3,31)32)16-20-10-11-21-8-6-13-27-26(21)25(30)15-20/h4-9,13,20,22,24-25,30H,10-12,14-18H2,1-3H3/t20-,22+,24+,25+/m1/s1. The molecule has 6 nitrogen and oxygen atoms in total. The molecule has 1 aliphatic heterocycles. The smallest absolute Gasteiger partial charge is 0.210 e. The van der Waals surface area contributed by atoms with Crippen LogP contribution in [0.2, 0.25) is 0 Å². The van der Waals surface area contributed by atoms with Crippen molar-refractivity contribution < 1.29 is 13.5 Å². The van der Waals surface area contributed by atoms with Gasteiger partial charge < -0.3 is 10.0 Å². The van der Waals surface area contributed by atoms with Gasteiger partial charge in [-0.2, -0.15) is 0 Å². The number of likely N-dealkylation sites (tertiary alicyclic amines) is 1. The third kappa shape index (κ3) is 5.83. The Morgan fingerprint density at radius 3 is 2.73 bits per heavy atom. The summed E-state index contributed by atoms with van der Waals surface area (Å²) in [6, 6.07) is 12.5. The van der Waals surface area contributed by atoms with E-state index in [1.165, 1.54) is 27.3 Å². The number of rotatable bonds is 6. The molecule has 180 valence electrons. The highest BCUT2D eigenvalue weighted by molar-refractivity contribution is 7.88. The van der Waals surface area contributed by atoms with E-state index >= 15 is 0 Å². The number of piperidine rings is 1. The fraction of sp³-hybridized carbons (Fsp3) is 0.577. The van der Waals surface area contributed by atoms with E-state index in [-0.39, 0.29) is 5.92 Å². The first-order chi connectivity index (χ1) is 15.7. The van der Waals surface area contributed by atoms with Crippen molar-refractivity contribution in [1.82, 2.24) is 14.2 Å². The molecule has 1 fully saturated rings. The van der Waals surface area contributed by atoms with E-state index in [0.717, 1.165) is 51.0 Å². The van der Waals surface area contributed by atoms with Gasteiger partial charge in [0.1, 0.15) is 0 Å². The van der Waals surface area contributed by atoms with Gasteiger partial charge in [0.05, 0.1) is 18.1 Å². The molecule has 1 aromatic carbocycles. The Morgan fingerprint density at radius 1 is 1.18 bits per heavy atom. The largest absolute Gasteiger partial charge is 0.387 e. The number of hydrogen-bond acceptors (Lipinski definition) is 5. The number of benzene rings is 1. The average molecular weight is 472 g/mol. The lowest BCUT2D eigenvalue weighted by Gasteiger charge is -2.41. The Labute approximate surface area is 198 Å². The van der Waals surface area contributed by atoms with Crippen LogP contribution in [0.5, 0.6) is 0 Å². The predicted molar refractivity (Wildman–Crippen MR) is 132 cm³/mol. The van der Waals surface area contributed by atoms with Crippen molar-refractivity contribution in [3.05, 3.63) is 65.0 Å².